The predicted molar refractivity (Wildman–Crippen MR) is 116 cm³/mol. The van der Waals surface area contributed by atoms with E-state index in [1.54, 1.807) is 36.4 Å². The first kappa shape index (κ1) is 20.4. The van der Waals surface area contributed by atoms with Crippen LogP contribution in [-0.4, -0.2) is 20.2 Å². The summed E-state index contributed by atoms with van der Waals surface area (Å²) in [6.45, 7) is 0. The quantitative estimate of drug-likeness (QED) is 0.286. The van der Waals surface area contributed by atoms with Gasteiger partial charge in [-0.3, -0.25) is 9.69 Å². The summed E-state index contributed by atoms with van der Waals surface area (Å²) in [5.41, 5.74) is 0.693. The van der Waals surface area contributed by atoms with E-state index >= 15 is 0 Å². The summed E-state index contributed by atoms with van der Waals surface area (Å²) < 4.78 is 33.6. The van der Waals surface area contributed by atoms with Gasteiger partial charge in [0, 0.05) is 0 Å². The molecule has 0 aliphatic carbocycles. The number of ether oxygens (including phenoxy) is 1. The van der Waals surface area contributed by atoms with Gasteiger partial charge in [-0.15, -0.1) is 0 Å². The second kappa shape index (κ2) is 8.47. The first-order valence-electron chi connectivity index (χ1n) is 8.41. The molecule has 5 nitrogen and oxygen atoms in total. The van der Waals surface area contributed by atoms with E-state index in [1.807, 2.05) is 0 Å². The van der Waals surface area contributed by atoms with Crippen molar-refractivity contribution in [1.29, 1.82) is 0 Å². The second-order valence-corrected chi connectivity index (χ2v) is 7.95. The molecule has 0 saturated carbocycles. The van der Waals surface area contributed by atoms with Crippen molar-refractivity contribution in [3.8, 4) is 11.6 Å². The SMILES string of the molecule is O=C1/C(=C/c2cccc(Oc3nc(Cl)ncc3F)c2)SC(=S)N1c1ccccc1F. The topological polar surface area (TPSA) is 55.3 Å². The van der Waals surface area contributed by atoms with E-state index in [1.165, 1.54) is 18.2 Å². The van der Waals surface area contributed by atoms with Gasteiger partial charge in [0.25, 0.3) is 11.8 Å². The Morgan fingerprint density at radius 2 is 1.93 bits per heavy atom. The molecule has 1 aliphatic rings. The molecule has 1 amide bonds. The van der Waals surface area contributed by atoms with E-state index in [9.17, 15) is 13.6 Å². The van der Waals surface area contributed by atoms with Crippen molar-refractivity contribution in [1.82, 2.24) is 9.97 Å². The maximum Gasteiger partial charge on any atom is 0.270 e. The Bertz CT molecular complexity index is 1210. The molecule has 0 bridgehead atoms. The molecule has 10 heteroatoms. The number of benzene rings is 2. The van der Waals surface area contributed by atoms with Crippen LogP contribution in [0.15, 0.2) is 59.6 Å². The third-order valence-corrected chi connectivity index (χ3v) is 5.42. The van der Waals surface area contributed by atoms with Crippen molar-refractivity contribution < 1.29 is 18.3 Å². The van der Waals surface area contributed by atoms with Crippen LogP contribution >= 0.6 is 35.6 Å². The molecular formula is C20H10ClF2N3O2S2. The highest BCUT2D eigenvalue weighted by Gasteiger charge is 2.34. The molecule has 0 N–H and O–H groups in total. The maximum atomic E-state index is 14.1. The minimum atomic E-state index is -0.768. The number of thioether (sulfide) groups is 1. The number of hydrogen-bond acceptors (Lipinski definition) is 6. The number of para-hydroxylation sites is 1. The van der Waals surface area contributed by atoms with E-state index in [4.69, 9.17) is 28.6 Å². The van der Waals surface area contributed by atoms with Crippen LogP contribution in [0.1, 0.15) is 5.56 Å². The van der Waals surface area contributed by atoms with Gasteiger partial charge in [-0.1, -0.05) is 48.2 Å². The number of halogens is 3. The van der Waals surface area contributed by atoms with Gasteiger partial charge < -0.3 is 4.74 Å². The van der Waals surface area contributed by atoms with Gasteiger partial charge in [0.15, 0.2) is 4.32 Å². The third kappa shape index (κ3) is 4.18. The van der Waals surface area contributed by atoms with Crippen LogP contribution in [0, 0.1) is 11.6 Å². The Balaban J connectivity index is 1.60. The highest BCUT2D eigenvalue weighted by Crippen LogP contribution is 2.37. The third-order valence-electron chi connectivity index (χ3n) is 3.94. The number of carbonyl (C=O) groups is 1. The molecule has 1 aromatic heterocycles. The molecule has 0 atom stereocenters. The lowest BCUT2D eigenvalue weighted by atomic mass is 10.2. The largest absolute Gasteiger partial charge is 0.436 e. The standard InChI is InChI=1S/C20H10ClF2N3O2S2/c21-19-24-10-14(23)17(25-19)28-12-5-3-4-11(8-12)9-16-18(27)26(20(29)30-16)15-7-2-1-6-13(15)22/h1-10H/b16-9-. The fourth-order valence-electron chi connectivity index (χ4n) is 2.64. The molecule has 0 spiro atoms. The van der Waals surface area contributed by atoms with Crippen LogP contribution in [0.25, 0.3) is 6.08 Å². The van der Waals surface area contributed by atoms with Gasteiger partial charge in [-0.05, 0) is 47.5 Å². The summed E-state index contributed by atoms with van der Waals surface area (Å²) in [5, 5.41) is -0.153. The Kier molecular flexibility index (Phi) is 5.76. The van der Waals surface area contributed by atoms with Crippen molar-refractivity contribution in [2.75, 3.05) is 4.90 Å². The number of anilines is 1. The molecule has 2 aromatic carbocycles. The number of carbonyl (C=O) groups excluding carboxylic acids is 1. The molecule has 3 aromatic rings. The number of nitrogens with zero attached hydrogens (tertiary/aromatic N) is 3. The monoisotopic (exact) mass is 461 g/mol. The zero-order chi connectivity index (χ0) is 21.3. The Labute approximate surface area is 184 Å². The van der Waals surface area contributed by atoms with Crippen LogP contribution in [0.2, 0.25) is 5.28 Å². The van der Waals surface area contributed by atoms with E-state index in [-0.39, 0.29) is 26.9 Å². The molecule has 1 aliphatic heterocycles. The predicted octanol–water partition coefficient (Wildman–Crippen LogP) is 5.61. The Hall–Kier alpha value is -2.88. The summed E-state index contributed by atoms with van der Waals surface area (Å²) in [6, 6.07) is 12.5. The summed E-state index contributed by atoms with van der Waals surface area (Å²) >= 11 is 12.0. The van der Waals surface area contributed by atoms with Crippen LogP contribution in [0.4, 0.5) is 14.5 Å². The Morgan fingerprint density at radius 3 is 2.73 bits per heavy atom. The van der Waals surface area contributed by atoms with Gasteiger partial charge >= 0.3 is 0 Å². The van der Waals surface area contributed by atoms with Crippen molar-refractivity contribution in [3.63, 3.8) is 0 Å². The molecular weight excluding hydrogens is 452 g/mol. The smallest absolute Gasteiger partial charge is 0.270 e. The van der Waals surface area contributed by atoms with Gasteiger partial charge in [0.05, 0.1) is 16.8 Å². The maximum absolute atomic E-state index is 14.1. The van der Waals surface area contributed by atoms with Crippen molar-refractivity contribution in [2.45, 2.75) is 0 Å². The average molecular weight is 462 g/mol. The van der Waals surface area contributed by atoms with Crippen molar-refractivity contribution in [3.05, 3.63) is 82.1 Å². The fraction of sp³-hybridized carbons (Fsp3) is 0. The van der Waals surface area contributed by atoms with Crippen molar-refractivity contribution in [2.24, 2.45) is 0 Å². The lowest BCUT2D eigenvalue weighted by Gasteiger charge is -2.14. The highest BCUT2D eigenvalue weighted by molar-refractivity contribution is 8.27. The Morgan fingerprint density at radius 1 is 1.13 bits per heavy atom. The first-order chi connectivity index (χ1) is 14.4. The van der Waals surface area contributed by atoms with Gasteiger partial charge in [-0.2, -0.15) is 9.37 Å². The number of thiocarbonyl (C=S) groups is 1. The number of aromatic nitrogens is 2. The molecule has 0 radical (unpaired) electrons. The lowest BCUT2D eigenvalue weighted by molar-refractivity contribution is -0.113. The van der Waals surface area contributed by atoms with Crippen LogP contribution in [0.3, 0.4) is 0 Å². The van der Waals surface area contributed by atoms with E-state index < -0.39 is 17.5 Å². The van der Waals surface area contributed by atoms with Gasteiger partial charge in [0.2, 0.25) is 11.1 Å². The molecule has 1 fully saturated rings. The normalized spacial score (nSPS) is 15.2. The van der Waals surface area contributed by atoms with E-state index in [2.05, 4.69) is 9.97 Å². The molecule has 4 rings (SSSR count). The van der Waals surface area contributed by atoms with Crippen LogP contribution < -0.4 is 9.64 Å². The minimum Gasteiger partial charge on any atom is -0.436 e. The highest BCUT2D eigenvalue weighted by atomic mass is 35.5. The first-order valence-corrected chi connectivity index (χ1v) is 10.0. The molecule has 0 unspecified atom stereocenters. The minimum absolute atomic E-state index is 0.0941. The fourth-order valence-corrected chi connectivity index (χ4v) is 4.05. The zero-order valence-corrected chi connectivity index (χ0v) is 17.3. The number of hydrogen-bond donors (Lipinski definition) is 0. The lowest BCUT2D eigenvalue weighted by Crippen LogP contribution is -2.28. The molecule has 1 saturated heterocycles. The summed E-state index contributed by atoms with van der Waals surface area (Å²) in [5.74, 6) is -1.79. The number of rotatable bonds is 4. The molecule has 30 heavy (non-hydrogen) atoms. The average Bonchev–Trinajstić information content (AvgIpc) is 2.99. The molecule has 150 valence electrons. The summed E-state index contributed by atoms with van der Waals surface area (Å²) in [7, 11) is 0. The van der Waals surface area contributed by atoms with Crippen LogP contribution in [0.5, 0.6) is 11.6 Å². The van der Waals surface area contributed by atoms with Crippen molar-refractivity contribution >= 4 is 57.6 Å². The van der Waals surface area contributed by atoms with Gasteiger partial charge in [-0.25, -0.2) is 9.37 Å². The van der Waals surface area contributed by atoms with E-state index in [0.29, 0.717) is 10.5 Å². The van der Waals surface area contributed by atoms with Gasteiger partial charge in [0.1, 0.15) is 11.6 Å². The zero-order valence-electron chi connectivity index (χ0n) is 14.9. The van der Waals surface area contributed by atoms with Crippen LogP contribution in [-0.2, 0) is 4.79 Å². The van der Waals surface area contributed by atoms with E-state index in [0.717, 1.165) is 22.9 Å². The second-order valence-electron chi connectivity index (χ2n) is 5.94. The summed E-state index contributed by atoms with van der Waals surface area (Å²) in [6.07, 6.45) is 2.50. The molecule has 2 heterocycles. The number of amides is 1. The summed E-state index contributed by atoms with van der Waals surface area (Å²) in [4.78, 5) is 21.5.